The van der Waals surface area contributed by atoms with Crippen LogP contribution in [0.2, 0.25) is 0 Å². The summed E-state index contributed by atoms with van der Waals surface area (Å²) in [5.74, 6) is -3.93. The molecule has 0 aliphatic rings. The number of nitrogens with two attached hydrogens (primary N) is 1. The summed E-state index contributed by atoms with van der Waals surface area (Å²) in [6.45, 7) is 1.71. The Morgan fingerprint density at radius 2 is 2.07 bits per heavy atom. The molecule has 12 heteroatoms. The van der Waals surface area contributed by atoms with Gasteiger partial charge in [0.2, 0.25) is 5.82 Å². The summed E-state index contributed by atoms with van der Waals surface area (Å²) in [5.41, 5.74) is 4.53. The van der Waals surface area contributed by atoms with Crippen molar-refractivity contribution < 1.29 is 18.1 Å². The van der Waals surface area contributed by atoms with Gasteiger partial charge in [0.1, 0.15) is 11.6 Å². The number of aromatic nitrogens is 4. The molecule has 3 heterocycles. The number of rotatable bonds is 5. The molecule has 3 aromatic heterocycles. The molecule has 0 saturated carbocycles. The number of H-pyrrole nitrogens is 1. The minimum Gasteiger partial charge on any atom is -0.378 e. The molecule has 0 aliphatic heterocycles. The molecule has 0 unspecified atom stereocenters. The second kappa shape index (κ2) is 6.90. The SMILES string of the molecule is Cc1cc(Nc2nc(N)c([N+](=O)[O-])c(Cc3ncc(F)cc3F)c2F)n[nH]1. The van der Waals surface area contributed by atoms with Crippen LogP contribution in [0.3, 0.4) is 0 Å². The second-order valence-electron chi connectivity index (χ2n) is 5.56. The molecular formula is C15H12F3N7O2. The molecule has 0 spiro atoms. The maximum Gasteiger partial charge on any atom is 0.317 e. The van der Waals surface area contributed by atoms with Crippen molar-refractivity contribution in [1.29, 1.82) is 0 Å². The van der Waals surface area contributed by atoms with E-state index in [9.17, 15) is 23.3 Å². The van der Waals surface area contributed by atoms with Gasteiger partial charge in [-0.3, -0.25) is 20.2 Å². The number of halogens is 3. The van der Waals surface area contributed by atoms with Gasteiger partial charge in [-0.1, -0.05) is 0 Å². The Morgan fingerprint density at radius 1 is 1.33 bits per heavy atom. The van der Waals surface area contributed by atoms with E-state index < -0.39 is 51.7 Å². The largest absolute Gasteiger partial charge is 0.378 e. The number of aryl methyl sites for hydroxylation is 1. The zero-order valence-electron chi connectivity index (χ0n) is 13.8. The lowest BCUT2D eigenvalue weighted by molar-refractivity contribution is -0.385. The van der Waals surface area contributed by atoms with Crippen molar-refractivity contribution >= 4 is 23.1 Å². The van der Waals surface area contributed by atoms with Crippen LogP contribution in [0.4, 0.5) is 36.3 Å². The van der Waals surface area contributed by atoms with Crippen LogP contribution in [0.1, 0.15) is 17.0 Å². The normalized spacial score (nSPS) is 10.8. The first kappa shape index (κ1) is 18.1. The van der Waals surface area contributed by atoms with Gasteiger partial charge in [0, 0.05) is 24.2 Å². The van der Waals surface area contributed by atoms with Crippen molar-refractivity contribution in [2.24, 2.45) is 0 Å². The van der Waals surface area contributed by atoms with Gasteiger partial charge in [-0.15, -0.1) is 0 Å². The summed E-state index contributed by atoms with van der Waals surface area (Å²) in [4.78, 5) is 17.6. The first-order valence-electron chi connectivity index (χ1n) is 7.47. The number of aromatic amines is 1. The van der Waals surface area contributed by atoms with Crippen molar-refractivity contribution in [2.75, 3.05) is 11.1 Å². The summed E-state index contributed by atoms with van der Waals surface area (Å²) >= 11 is 0. The number of nitro groups is 1. The van der Waals surface area contributed by atoms with Crippen LogP contribution < -0.4 is 11.1 Å². The van der Waals surface area contributed by atoms with Gasteiger partial charge in [-0.2, -0.15) is 5.10 Å². The average Bonchev–Trinajstić information content (AvgIpc) is 2.99. The first-order valence-corrected chi connectivity index (χ1v) is 7.47. The molecule has 0 bridgehead atoms. The molecular weight excluding hydrogens is 367 g/mol. The monoisotopic (exact) mass is 379 g/mol. The van der Waals surface area contributed by atoms with E-state index in [4.69, 9.17) is 5.73 Å². The lowest BCUT2D eigenvalue weighted by Gasteiger charge is -2.11. The van der Waals surface area contributed by atoms with Gasteiger partial charge in [-0.05, 0) is 6.92 Å². The Bertz CT molecular complexity index is 1040. The van der Waals surface area contributed by atoms with Crippen molar-refractivity contribution in [3.05, 3.63) is 62.8 Å². The molecule has 27 heavy (non-hydrogen) atoms. The molecule has 0 aromatic carbocycles. The molecule has 0 fully saturated rings. The van der Waals surface area contributed by atoms with Gasteiger partial charge >= 0.3 is 5.69 Å². The molecule has 0 aliphatic carbocycles. The summed E-state index contributed by atoms with van der Waals surface area (Å²) < 4.78 is 41.8. The van der Waals surface area contributed by atoms with Crippen molar-refractivity contribution in [3.8, 4) is 0 Å². The highest BCUT2D eigenvalue weighted by Gasteiger charge is 2.28. The fourth-order valence-corrected chi connectivity index (χ4v) is 2.42. The van der Waals surface area contributed by atoms with Crippen molar-refractivity contribution in [1.82, 2.24) is 20.2 Å². The van der Waals surface area contributed by atoms with Gasteiger partial charge < -0.3 is 11.1 Å². The van der Waals surface area contributed by atoms with Crippen LogP contribution in [-0.2, 0) is 6.42 Å². The third-order valence-corrected chi connectivity index (χ3v) is 3.60. The Balaban J connectivity index is 2.10. The lowest BCUT2D eigenvalue weighted by Crippen LogP contribution is -2.11. The highest BCUT2D eigenvalue weighted by atomic mass is 19.1. The minimum atomic E-state index is -1.12. The van der Waals surface area contributed by atoms with Crippen LogP contribution in [-0.4, -0.2) is 25.1 Å². The number of pyridine rings is 2. The second-order valence-corrected chi connectivity index (χ2v) is 5.56. The van der Waals surface area contributed by atoms with Gasteiger partial charge in [-0.25, -0.2) is 18.2 Å². The van der Waals surface area contributed by atoms with Crippen LogP contribution in [0.15, 0.2) is 18.3 Å². The third kappa shape index (κ3) is 3.63. The van der Waals surface area contributed by atoms with Crippen LogP contribution in [0.25, 0.3) is 0 Å². The number of hydrogen-bond acceptors (Lipinski definition) is 7. The molecule has 0 amide bonds. The Kier molecular flexibility index (Phi) is 4.62. The Morgan fingerprint density at radius 3 is 2.67 bits per heavy atom. The number of nitrogen functional groups attached to an aromatic ring is 1. The maximum atomic E-state index is 14.9. The molecule has 3 aromatic rings. The van der Waals surface area contributed by atoms with Gasteiger partial charge in [0.15, 0.2) is 17.5 Å². The quantitative estimate of drug-likeness (QED) is 0.458. The maximum absolute atomic E-state index is 14.9. The predicted octanol–water partition coefficient (Wildman–Crippen LogP) is 2.75. The van der Waals surface area contributed by atoms with Crippen molar-refractivity contribution in [2.45, 2.75) is 13.3 Å². The first-order chi connectivity index (χ1) is 12.8. The summed E-state index contributed by atoms with van der Waals surface area (Å²) in [5, 5.41) is 20.3. The molecule has 0 radical (unpaired) electrons. The van der Waals surface area contributed by atoms with Gasteiger partial charge in [0.25, 0.3) is 0 Å². The summed E-state index contributed by atoms with van der Waals surface area (Å²) in [6.07, 6.45) is 0.0909. The lowest BCUT2D eigenvalue weighted by atomic mass is 10.1. The van der Waals surface area contributed by atoms with E-state index in [1.165, 1.54) is 0 Å². The van der Waals surface area contributed by atoms with E-state index in [-0.39, 0.29) is 11.5 Å². The standard InChI is InChI=1S/C15H12F3N7O2/c1-6-2-11(24-23-6)21-15-12(18)8(13(25(26)27)14(19)22-15)4-10-9(17)3-7(16)5-20-10/h2-3,5H,4H2,1H3,(H4,19,21,22,23,24). The Hall–Kier alpha value is -3.70. The molecule has 9 nitrogen and oxygen atoms in total. The molecule has 4 N–H and O–H groups in total. The minimum absolute atomic E-state index is 0.198. The van der Waals surface area contributed by atoms with E-state index in [0.29, 0.717) is 11.8 Å². The topological polar surface area (TPSA) is 136 Å². The number of nitrogens with one attached hydrogen (secondary N) is 2. The van der Waals surface area contributed by atoms with Gasteiger partial charge in [0.05, 0.1) is 22.4 Å². The van der Waals surface area contributed by atoms with Crippen LogP contribution >= 0.6 is 0 Å². The number of anilines is 3. The third-order valence-electron chi connectivity index (χ3n) is 3.60. The molecule has 0 atom stereocenters. The van der Waals surface area contributed by atoms with Crippen LogP contribution in [0.5, 0.6) is 0 Å². The fraction of sp³-hybridized carbons (Fsp3) is 0.133. The Labute approximate surface area is 149 Å². The smallest absolute Gasteiger partial charge is 0.317 e. The average molecular weight is 379 g/mol. The zero-order chi connectivity index (χ0) is 19.7. The molecule has 0 saturated heterocycles. The van der Waals surface area contributed by atoms with E-state index in [1.807, 2.05) is 0 Å². The highest BCUT2D eigenvalue weighted by Crippen LogP contribution is 2.33. The zero-order valence-corrected chi connectivity index (χ0v) is 13.8. The summed E-state index contributed by atoms with van der Waals surface area (Å²) in [6, 6.07) is 2.09. The molecule has 140 valence electrons. The van der Waals surface area contributed by atoms with E-state index in [1.54, 1.807) is 13.0 Å². The summed E-state index contributed by atoms with van der Waals surface area (Å²) in [7, 11) is 0. The van der Waals surface area contributed by atoms with E-state index in [0.717, 1.165) is 6.20 Å². The molecule has 3 rings (SSSR count). The predicted molar refractivity (Wildman–Crippen MR) is 88.8 cm³/mol. The number of nitrogens with zero attached hydrogens (tertiary/aromatic N) is 4. The highest BCUT2D eigenvalue weighted by molar-refractivity contribution is 5.66. The van der Waals surface area contributed by atoms with E-state index >= 15 is 0 Å². The van der Waals surface area contributed by atoms with E-state index in [2.05, 4.69) is 25.5 Å². The van der Waals surface area contributed by atoms with Crippen LogP contribution in [0, 0.1) is 34.5 Å². The fourth-order valence-electron chi connectivity index (χ4n) is 2.42. The van der Waals surface area contributed by atoms with Crippen molar-refractivity contribution in [3.63, 3.8) is 0 Å². The number of hydrogen-bond donors (Lipinski definition) is 3.